The van der Waals surface area contributed by atoms with Crippen LogP contribution >= 0.6 is 0 Å². The Morgan fingerprint density at radius 3 is 2.32 bits per heavy atom. The molecule has 0 spiro atoms. The molecule has 4 aromatic carbocycles. The molecule has 2 aliphatic rings. The molecule has 7 rings (SSSR count). The highest BCUT2D eigenvalue weighted by atomic mass is 15.2. The van der Waals surface area contributed by atoms with Crippen LogP contribution in [0.3, 0.4) is 0 Å². The van der Waals surface area contributed by atoms with Crippen molar-refractivity contribution in [1.29, 1.82) is 0 Å². The number of para-hydroxylation sites is 1. The minimum absolute atomic E-state index is 0.284. The van der Waals surface area contributed by atoms with E-state index in [-0.39, 0.29) is 6.04 Å². The lowest BCUT2D eigenvalue weighted by Gasteiger charge is -2.29. The van der Waals surface area contributed by atoms with Gasteiger partial charge in [0.15, 0.2) is 0 Å². The van der Waals surface area contributed by atoms with Gasteiger partial charge in [-0.15, -0.1) is 0 Å². The van der Waals surface area contributed by atoms with Gasteiger partial charge in [-0.1, -0.05) is 85.0 Å². The molecular weight excluding hydrogens is 376 g/mol. The highest BCUT2D eigenvalue weighted by Crippen LogP contribution is 2.52. The molecule has 2 unspecified atom stereocenters. The average Bonchev–Trinajstić information content (AvgIpc) is 3.19. The second-order valence-electron chi connectivity index (χ2n) is 8.36. The molecule has 0 N–H and O–H groups in total. The van der Waals surface area contributed by atoms with E-state index in [1.165, 1.54) is 43.9 Å². The molecule has 2 nitrogen and oxygen atoms in total. The number of aromatic nitrogens is 1. The quantitative estimate of drug-likeness (QED) is 0.277. The number of pyridine rings is 1. The van der Waals surface area contributed by atoms with Gasteiger partial charge in [0, 0.05) is 34.0 Å². The smallest absolute Gasteiger partial charge is 0.0787 e. The van der Waals surface area contributed by atoms with Crippen molar-refractivity contribution >= 4 is 43.8 Å². The SMILES string of the molecule is C1=CC2c3ccc4c5ccccc5c5ncccc5c4c3N(c3ccccc3)C2C=C1. The van der Waals surface area contributed by atoms with Crippen molar-refractivity contribution in [3.05, 3.63) is 115 Å². The van der Waals surface area contributed by atoms with E-state index in [1.807, 2.05) is 6.20 Å². The summed E-state index contributed by atoms with van der Waals surface area (Å²) in [5, 5.41) is 6.30. The Morgan fingerprint density at radius 2 is 1.42 bits per heavy atom. The molecule has 5 aromatic rings. The van der Waals surface area contributed by atoms with Crippen molar-refractivity contribution < 1.29 is 0 Å². The van der Waals surface area contributed by atoms with Gasteiger partial charge < -0.3 is 4.90 Å². The summed E-state index contributed by atoms with van der Waals surface area (Å²) in [6.07, 6.45) is 11.0. The van der Waals surface area contributed by atoms with E-state index in [0.29, 0.717) is 5.92 Å². The van der Waals surface area contributed by atoms with Crippen LogP contribution < -0.4 is 4.90 Å². The van der Waals surface area contributed by atoms with Crippen LogP contribution in [-0.2, 0) is 0 Å². The van der Waals surface area contributed by atoms with E-state index in [0.717, 1.165) is 5.52 Å². The summed E-state index contributed by atoms with van der Waals surface area (Å²) in [5.74, 6) is 0.350. The van der Waals surface area contributed by atoms with Gasteiger partial charge in [0.2, 0.25) is 0 Å². The lowest BCUT2D eigenvalue weighted by atomic mass is 9.89. The van der Waals surface area contributed by atoms with Gasteiger partial charge in [-0.3, -0.25) is 4.98 Å². The summed E-state index contributed by atoms with van der Waals surface area (Å²) in [7, 11) is 0. The summed E-state index contributed by atoms with van der Waals surface area (Å²) in [6.45, 7) is 0. The Kier molecular flexibility index (Phi) is 3.42. The molecule has 31 heavy (non-hydrogen) atoms. The standard InChI is InChI=1S/C29H20N2/c1-2-9-19(10-3-1)31-26-15-7-6-12-21(26)24-17-16-22-20-11-4-5-13-23(20)28-25(14-8-18-30-28)27(22)29(24)31/h1-18,21,26H. The van der Waals surface area contributed by atoms with Crippen LogP contribution in [0.4, 0.5) is 11.4 Å². The number of fused-ring (bicyclic) bond motifs is 10. The van der Waals surface area contributed by atoms with Crippen LogP contribution in [0.2, 0.25) is 0 Å². The van der Waals surface area contributed by atoms with Crippen LogP contribution in [0, 0.1) is 0 Å². The maximum absolute atomic E-state index is 4.83. The number of rotatable bonds is 1. The van der Waals surface area contributed by atoms with Crippen molar-refractivity contribution in [2.45, 2.75) is 12.0 Å². The largest absolute Gasteiger partial charge is 0.333 e. The second kappa shape index (κ2) is 6.29. The molecule has 0 fully saturated rings. The first-order valence-corrected chi connectivity index (χ1v) is 10.8. The molecule has 1 aromatic heterocycles. The third kappa shape index (κ3) is 2.25. The molecule has 0 saturated heterocycles. The van der Waals surface area contributed by atoms with Gasteiger partial charge in [-0.2, -0.15) is 0 Å². The highest BCUT2D eigenvalue weighted by molar-refractivity contribution is 6.28. The zero-order chi connectivity index (χ0) is 20.4. The maximum atomic E-state index is 4.83. The zero-order valence-electron chi connectivity index (χ0n) is 16.9. The minimum atomic E-state index is 0.284. The van der Waals surface area contributed by atoms with Gasteiger partial charge in [-0.05, 0) is 34.5 Å². The van der Waals surface area contributed by atoms with Crippen LogP contribution in [0.15, 0.2) is 109 Å². The van der Waals surface area contributed by atoms with Crippen LogP contribution in [0.25, 0.3) is 32.4 Å². The first kappa shape index (κ1) is 16.8. The van der Waals surface area contributed by atoms with Crippen molar-refractivity contribution in [2.75, 3.05) is 4.90 Å². The molecule has 2 heterocycles. The number of anilines is 2. The number of benzene rings is 4. The Hall–Kier alpha value is -3.91. The molecule has 0 saturated carbocycles. The summed E-state index contributed by atoms with van der Waals surface area (Å²) in [4.78, 5) is 7.36. The Bertz CT molecular complexity index is 1510. The zero-order valence-corrected chi connectivity index (χ0v) is 16.9. The Balaban J connectivity index is 1.70. The maximum Gasteiger partial charge on any atom is 0.0787 e. The second-order valence-corrected chi connectivity index (χ2v) is 8.36. The fraction of sp³-hybridized carbons (Fsp3) is 0.0690. The predicted molar refractivity (Wildman–Crippen MR) is 130 cm³/mol. The third-order valence-electron chi connectivity index (χ3n) is 6.80. The molecule has 146 valence electrons. The predicted octanol–water partition coefficient (Wildman–Crippen LogP) is 7.27. The molecule has 1 aliphatic heterocycles. The first-order chi connectivity index (χ1) is 15.4. The first-order valence-electron chi connectivity index (χ1n) is 10.8. The number of nitrogens with zero attached hydrogens (tertiary/aromatic N) is 2. The van der Waals surface area contributed by atoms with Crippen LogP contribution in [0.1, 0.15) is 11.5 Å². The summed E-state index contributed by atoms with van der Waals surface area (Å²) in [5.41, 5.74) is 5.02. The van der Waals surface area contributed by atoms with Crippen molar-refractivity contribution in [3.63, 3.8) is 0 Å². The van der Waals surface area contributed by atoms with Crippen LogP contribution in [0.5, 0.6) is 0 Å². The minimum Gasteiger partial charge on any atom is -0.333 e. The van der Waals surface area contributed by atoms with E-state index in [9.17, 15) is 0 Å². The van der Waals surface area contributed by atoms with E-state index in [4.69, 9.17) is 4.98 Å². The summed E-state index contributed by atoms with van der Waals surface area (Å²) >= 11 is 0. The van der Waals surface area contributed by atoms with Gasteiger partial charge in [0.1, 0.15) is 0 Å². The fourth-order valence-corrected chi connectivity index (χ4v) is 5.55. The van der Waals surface area contributed by atoms with E-state index in [1.54, 1.807) is 0 Å². The Morgan fingerprint density at radius 1 is 0.645 bits per heavy atom. The van der Waals surface area contributed by atoms with Crippen molar-refractivity contribution in [1.82, 2.24) is 4.98 Å². The van der Waals surface area contributed by atoms with Gasteiger partial charge in [0.25, 0.3) is 0 Å². The molecule has 0 amide bonds. The molecule has 0 bridgehead atoms. The monoisotopic (exact) mass is 396 g/mol. The van der Waals surface area contributed by atoms with Crippen LogP contribution in [-0.4, -0.2) is 11.0 Å². The van der Waals surface area contributed by atoms with Gasteiger partial charge >= 0.3 is 0 Å². The number of hydrogen-bond acceptors (Lipinski definition) is 2. The van der Waals surface area contributed by atoms with E-state index >= 15 is 0 Å². The van der Waals surface area contributed by atoms with E-state index < -0.39 is 0 Å². The van der Waals surface area contributed by atoms with E-state index in [2.05, 4.69) is 108 Å². The van der Waals surface area contributed by atoms with Crippen molar-refractivity contribution in [3.8, 4) is 0 Å². The number of allylic oxidation sites excluding steroid dienone is 2. The van der Waals surface area contributed by atoms with Gasteiger partial charge in [0.05, 0.1) is 17.2 Å². The third-order valence-corrected chi connectivity index (χ3v) is 6.80. The summed E-state index contributed by atoms with van der Waals surface area (Å²) in [6, 6.07) is 28.7. The summed E-state index contributed by atoms with van der Waals surface area (Å²) < 4.78 is 0. The normalized spacial score (nSPS) is 19.3. The average molecular weight is 396 g/mol. The Labute approximate surface area is 180 Å². The molecule has 2 heteroatoms. The van der Waals surface area contributed by atoms with Gasteiger partial charge in [-0.25, -0.2) is 0 Å². The fourth-order valence-electron chi connectivity index (χ4n) is 5.55. The topological polar surface area (TPSA) is 16.1 Å². The lowest BCUT2D eigenvalue weighted by molar-refractivity contribution is 0.745. The molecular formula is C29H20N2. The lowest BCUT2D eigenvalue weighted by Crippen LogP contribution is -2.28. The molecule has 0 radical (unpaired) electrons. The molecule has 2 atom stereocenters. The number of hydrogen-bond donors (Lipinski definition) is 0. The molecule has 1 aliphatic carbocycles. The highest BCUT2D eigenvalue weighted by Gasteiger charge is 2.39. The van der Waals surface area contributed by atoms with Crippen molar-refractivity contribution in [2.24, 2.45) is 0 Å².